The van der Waals surface area contributed by atoms with Crippen LogP contribution in [-0.2, 0) is 0 Å². The fourth-order valence-corrected chi connectivity index (χ4v) is 2.69. The highest BCUT2D eigenvalue weighted by atomic mass is 19.1. The molecule has 0 unspecified atom stereocenters. The topological polar surface area (TPSA) is 67.4 Å². The number of nitrogens with one attached hydrogen (secondary N) is 2. The highest BCUT2D eigenvalue weighted by Gasteiger charge is 2.13. The van der Waals surface area contributed by atoms with Crippen LogP contribution < -0.4 is 15.4 Å². The number of para-hydroxylation sites is 2. The Balaban J connectivity index is 1.75. The molecule has 0 bridgehead atoms. The molecule has 0 saturated carbocycles. The molecule has 0 aliphatic heterocycles. The van der Waals surface area contributed by atoms with Gasteiger partial charge in [0.2, 0.25) is 0 Å². The molecule has 5 nitrogen and oxygen atoms in total. The zero-order valence-corrected chi connectivity index (χ0v) is 16.1. The lowest BCUT2D eigenvalue weighted by molar-refractivity contribution is 0.102. The van der Waals surface area contributed by atoms with E-state index in [4.69, 9.17) is 4.74 Å². The fourth-order valence-electron chi connectivity index (χ4n) is 2.69. The maximum absolute atomic E-state index is 13.3. The van der Waals surface area contributed by atoms with E-state index in [1.165, 1.54) is 24.3 Å². The third-order valence-electron chi connectivity index (χ3n) is 3.97. The minimum Gasteiger partial charge on any atom is -0.489 e. The quantitative estimate of drug-likeness (QED) is 0.612. The maximum atomic E-state index is 13.3. The average Bonchev–Trinajstić information content (AvgIpc) is 2.69. The second-order valence-electron chi connectivity index (χ2n) is 6.66. The molecule has 3 aromatic rings. The molecule has 2 amide bonds. The second kappa shape index (κ2) is 9.01. The minimum atomic E-state index is -0.446. The maximum Gasteiger partial charge on any atom is 0.255 e. The number of ether oxygens (including phenoxy) is 1. The molecular weight excluding hydrogens is 371 g/mol. The SMILES string of the molecule is CC(C)Oc1ccccc1NC(=O)c1cccc(C(=O)Nc2cccc(F)c2)c1. The van der Waals surface area contributed by atoms with E-state index in [-0.39, 0.29) is 17.6 Å². The van der Waals surface area contributed by atoms with Crippen molar-refractivity contribution in [3.8, 4) is 5.75 Å². The van der Waals surface area contributed by atoms with E-state index < -0.39 is 11.7 Å². The Bertz CT molecular complexity index is 1030. The van der Waals surface area contributed by atoms with Gasteiger partial charge in [0.15, 0.2) is 0 Å². The summed E-state index contributed by atoms with van der Waals surface area (Å²) in [5.74, 6) is -0.687. The van der Waals surface area contributed by atoms with Gasteiger partial charge in [-0.3, -0.25) is 9.59 Å². The van der Waals surface area contributed by atoms with E-state index >= 15 is 0 Å². The van der Waals surface area contributed by atoms with Gasteiger partial charge in [0, 0.05) is 16.8 Å². The highest BCUT2D eigenvalue weighted by molar-refractivity contribution is 6.09. The van der Waals surface area contributed by atoms with Crippen molar-refractivity contribution in [2.24, 2.45) is 0 Å². The molecule has 0 heterocycles. The smallest absolute Gasteiger partial charge is 0.255 e. The molecule has 0 aromatic heterocycles. The highest BCUT2D eigenvalue weighted by Crippen LogP contribution is 2.25. The van der Waals surface area contributed by atoms with Crippen molar-refractivity contribution in [1.82, 2.24) is 0 Å². The zero-order valence-electron chi connectivity index (χ0n) is 16.1. The van der Waals surface area contributed by atoms with Gasteiger partial charge in [0.05, 0.1) is 11.8 Å². The summed E-state index contributed by atoms with van der Waals surface area (Å²) in [6.07, 6.45) is -0.0390. The van der Waals surface area contributed by atoms with Gasteiger partial charge in [-0.1, -0.05) is 24.3 Å². The van der Waals surface area contributed by atoms with E-state index in [0.717, 1.165) is 0 Å². The first kappa shape index (κ1) is 20.1. The molecule has 0 atom stereocenters. The van der Waals surface area contributed by atoms with Crippen molar-refractivity contribution in [3.05, 3.63) is 89.7 Å². The number of amides is 2. The van der Waals surface area contributed by atoms with Gasteiger partial charge >= 0.3 is 0 Å². The molecule has 0 fully saturated rings. The molecule has 0 aliphatic rings. The van der Waals surface area contributed by atoms with Crippen LogP contribution >= 0.6 is 0 Å². The molecule has 6 heteroatoms. The van der Waals surface area contributed by atoms with Gasteiger partial charge in [-0.15, -0.1) is 0 Å². The number of anilines is 2. The van der Waals surface area contributed by atoms with Crippen LogP contribution in [0.15, 0.2) is 72.8 Å². The van der Waals surface area contributed by atoms with E-state index in [1.807, 2.05) is 19.9 Å². The standard InChI is InChI=1S/C23H21FN2O3/c1-15(2)29-21-12-4-3-11-20(21)26-23(28)17-8-5-7-16(13-17)22(27)25-19-10-6-9-18(24)14-19/h3-15H,1-2H3,(H,25,27)(H,26,28). The number of halogens is 1. The van der Waals surface area contributed by atoms with Gasteiger partial charge in [-0.05, 0) is 62.4 Å². The fraction of sp³-hybridized carbons (Fsp3) is 0.130. The Morgan fingerprint density at radius 1 is 0.828 bits per heavy atom. The molecule has 29 heavy (non-hydrogen) atoms. The van der Waals surface area contributed by atoms with Gasteiger partial charge in [-0.25, -0.2) is 4.39 Å². The second-order valence-corrected chi connectivity index (χ2v) is 6.66. The summed E-state index contributed by atoms with van der Waals surface area (Å²) in [6.45, 7) is 3.80. The monoisotopic (exact) mass is 392 g/mol. The van der Waals surface area contributed by atoms with Crippen LogP contribution in [0.4, 0.5) is 15.8 Å². The molecule has 0 spiro atoms. The summed E-state index contributed by atoms with van der Waals surface area (Å²) in [7, 11) is 0. The van der Waals surface area contributed by atoms with Gasteiger partial charge in [-0.2, -0.15) is 0 Å². The third kappa shape index (κ3) is 5.42. The first-order chi connectivity index (χ1) is 13.9. The lowest BCUT2D eigenvalue weighted by Gasteiger charge is -2.15. The first-order valence-electron chi connectivity index (χ1n) is 9.16. The van der Waals surface area contributed by atoms with E-state index in [0.29, 0.717) is 22.7 Å². The van der Waals surface area contributed by atoms with Crippen molar-refractivity contribution < 1.29 is 18.7 Å². The average molecular weight is 392 g/mol. The van der Waals surface area contributed by atoms with Crippen molar-refractivity contribution >= 4 is 23.2 Å². The van der Waals surface area contributed by atoms with Crippen LogP contribution in [0.1, 0.15) is 34.6 Å². The Morgan fingerprint density at radius 3 is 2.17 bits per heavy atom. The Kier molecular flexibility index (Phi) is 6.24. The van der Waals surface area contributed by atoms with Crippen molar-refractivity contribution in [3.63, 3.8) is 0 Å². The summed E-state index contributed by atoms with van der Waals surface area (Å²) < 4.78 is 19.0. The molecule has 2 N–H and O–H groups in total. The van der Waals surface area contributed by atoms with E-state index in [2.05, 4.69) is 10.6 Å². The minimum absolute atomic E-state index is 0.0390. The van der Waals surface area contributed by atoms with Gasteiger partial charge in [0.25, 0.3) is 11.8 Å². The van der Waals surface area contributed by atoms with Crippen molar-refractivity contribution in [1.29, 1.82) is 0 Å². The van der Waals surface area contributed by atoms with E-state index in [1.54, 1.807) is 42.5 Å². The zero-order chi connectivity index (χ0) is 20.8. The molecule has 0 saturated heterocycles. The number of carbonyl (C=O) groups excluding carboxylic acids is 2. The summed E-state index contributed by atoms with van der Waals surface area (Å²) in [5, 5.41) is 5.43. The van der Waals surface area contributed by atoms with Crippen LogP contribution in [0.3, 0.4) is 0 Å². The Hall–Kier alpha value is -3.67. The largest absolute Gasteiger partial charge is 0.489 e. The predicted molar refractivity (Wildman–Crippen MR) is 111 cm³/mol. The number of rotatable bonds is 6. The molecule has 0 radical (unpaired) electrons. The molecule has 3 aromatic carbocycles. The summed E-state index contributed by atoms with van der Waals surface area (Å²) >= 11 is 0. The summed E-state index contributed by atoms with van der Waals surface area (Å²) in [4.78, 5) is 25.1. The number of benzene rings is 3. The summed E-state index contributed by atoms with van der Waals surface area (Å²) in [6, 6.07) is 19.0. The normalized spacial score (nSPS) is 10.5. The van der Waals surface area contributed by atoms with Crippen molar-refractivity contribution in [2.45, 2.75) is 20.0 Å². The molecule has 148 valence electrons. The Labute approximate surface area is 168 Å². The van der Waals surface area contributed by atoms with E-state index in [9.17, 15) is 14.0 Å². The van der Waals surface area contributed by atoms with Crippen molar-refractivity contribution in [2.75, 3.05) is 10.6 Å². The Morgan fingerprint density at radius 2 is 1.48 bits per heavy atom. The van der Waals surface area contributed by atoms with Crippen LogP contribution in [0.25, 0.3) is 0 Å². The summed E-state index contributed by atoms with van der Waals surface area (Å²) in [5.41, 5.74) is 1.48. The van der Waals surface area contributed by atoms with Crippen LogP contribution in [0, 0.1) is 5.82 Å². The van der Waals surface area contributed by atoms with Crippen LogP contribution in [0.5, 0.6) is 5.75 Å². The number of carbonyl (C=O) groups is 2. The van der Waals surface area contributed by atoms with Crippen LogP contribution in [0.2, 0.25) is 0 Å². The van der Waals surface area contributed by atoms with Gasteiger partial charge < -0.3 is 15.4 Å². The lowest BCUT2D eigenvalue weighted by atomic mass is 10.1. The molecule has 3 rings (SSSR count). The van der Waals surface area contributed by atoms with Gasteiger partial charge in [0.1, 0.15) is 11.6 Å². The first-order valence-corrected chi connectivity index (χ1v) is 9.16. The van der Waals surface area contributed by atoms with Crippen LogP contribution in [-0.4, -0.2) is 17.9 Å². The lowest BCUT2D eigenvalue weighted by Crippen LogP contribution is -2.16. The molecular formula is C23H21FN2O3. The number of hydrogen-bond donors (Lipinski definition) is 2. The molecule has 0 aliphatic carbocycles. The third-order valence-corrected chi connectivity index (χ3v) is 3.97. The predicted octanol–water partition coefficient (Wildman–Crippen LogP) is 5.12. The number of hydrogen-bond acceptors (Lipinski definition) is 3.